The summed E-state index contributed by atoms with van der Waals surface area (Å²) in [5.41, 5.74) is 0.389. The molecule has 0 atom stereocenters. The Morgan fingerprint density at radius 3 is 2.18 bits per heavy atom. The van der Waals surface area contributed by atoms with Gasteiger partial charge < -0.3 is 10.0 Å². The van der Waals surface area contributed by atoms with E-state index in [0.29, 0.717) is 5.47 Å². The quantitative estimate of drug-likeness (QED) is 0.460. The lowest BCUT2D eigenvalue weighted by Gasteiger charge is -1.95. The fourth-order valence-corrected chi connectivity index (χ4v) is 0.543. The molecule has 0 rings (SSSR count). The molecule has 0 radical (unpaired) electrons. The van der Waals surface area contributed by atoms with Gasteiger partial charge in [-0.2, -0.15) is 0 Å². The minimum Gasteiger partial charge on any atom is -0.423 e. The van der Waals surface area contributed by atoms with Crippen LogP contribution in [0, 0.1) is 0 Å². The molecule has 0 aliphatic carbocycles. The molecule has 58 valence electrons. The molecule has 2 N–H and O–H groups in total. The summed E-state index contributed by atoms with van der Waals surface area (Å²) in [7, 11) is -1.45. The van der Waals surface area contributed by atoms with Gasteiger partial charge in [0.05, 0.1) is 0 Å². The summed E-state index contributed by atoms with van der Waals surface area (Å²) in [6.45, 7) is 6.88. The van der Waals surface area contributed by atoms with Crippen molar-refractivity contribution in [3.63, 3.8) is 0 Å². The Morgan fingerprint density at radius 1 is 1.18 bits per heavy atom. The van der Waals surface area contributed by atoms with Gasteiger partial charge in [0.2, 0.25) is 0 Å². The van der Waals surface area contributed by atoms with Gasteiger partial charge in [0.1, 0.15) is 0 Å². The summed E-state index contributed by atoms with van der Waals surface area (Å²) in [5.74, 6) is 0. The predicted octanol–water partition coefficient (Wildman–Crippen LogP) is 0.853. The molecule has 0 aliphatic rings. The highest BCUT2D eigenvalue weighted by molar-refractivity contribution is 6.51. The molecule has 0 aromatic heterocycles. The minimum absolute atomic E-state index is 0.389. The molecule has 0 heterocycles. The lowest BCUT2D eigenvalue weighted by Crippen LogP contribution is -2.13. The monoisotopic (exact) mass is 150 g/mol. The summed E-state index contributed by atoms with van der Waals surface area (Å²) in [4.78, 5) is 0. The number of rotatable bonds is 4. The van der Waals surface area contributed by atoms with E-state index in [1.165, 1.54) is 12.2 Å². The van der Waals surface area contributed by atoms with E-state index in [2.05, 4.69) is 13.2 Å². The van der Waals surface area contributed by atoms with Gasteiger partial charge in [-0.3, -0.25) is 0 Å². The van der Waals surface area contributed by atoms with Gasteiger partial charge >= 0.3 is 7.12 Å². The highest BCUT2D eigenvalue weighted by Crippen LogP contribution is 1.98. The molecule has 0 aromatic rings. The molecule has 0 saturated heterocycles. The first-order chi connectivity index (χ1) is 5.22. The highest BCUT2D eigenvalue weighted by Gasteiger charge is 2.09. The van der Waals surface area contributed by atoms with E-state index in [1.54, 1.807) is 18.2 Å². The van der Waals surface area contributed by atoms with Crippen molar-refractivity contribution in [3.05, 3.63) is 49.0 Å². The van der Waals surface area contributed by atoms with Crippen LogP contribution in [0.1, 0.15) is 0 Å². The Labute approximate surface area is 67.0 Å². The Balaban J connectivity index is 4.34. The van der Waals surface area contributed by atoms with E-state index >= 15 is 0 Å². The van der Waals surface area contributed by atoms with Gasteiger partial charge in [0.15, 0.2) is 0 Å². The van der Waals surface area contributed by atoms with Crippen LogP contribution in [0.5, 0.6) is 0 Å². The van der Waals surface area contributed by atoms with E-state index in [0.717, 1.165) is 0 Å². The molecule has 0 bridgehead atoms. The smallest absolute Gasteiger partial charge is 0.423 e. The van der Waals surface area contributed by atoms with Crippen LogP contribution in [0.25, 0.3) is 0 Å². The Hall–Kier alpha value is -1.06. The van der Waals surface area contributed by atoms with Crippen molar-refractivity contribution in [1.82, 2.24) is 0 Å². The van der Waals surface area contributed by atoms with Gasteiger partial charge in [-0.1, -0.05) is 43.5 Å². The van der Waals surface area contributed by atoms with Crippen LogP contribution in [0.15, 0.2) is 49.0 Å². The second-order valence-electron chi connectivity index (χ2n) is 1.87. The van der Waals surface area contributed by atoms with Crippen molar-refractivity contribution in [2.45, 2.75) is 0 Å². The molecule has 3 heteroatoms. The van der Waals surface area contributed by atoms with Gasteiger partial charge in [-0.05, 0) is 5.47 Å². The van der Waals surface area contributed by atoms with Gasteiger partial charge in [0.25, 0.3) is 0 Å². The molecule has 2 nitrogen and oxygen atoms in total. The standard InChI is InChI=1S/C8H11BO2/c1-3-5-7-8(6-4-2)9(10)11/h3-7,10-11H,1-2H2/b7-5-,8-6+. The van der Waals surface area contributed by atoms with Gasteiger partial charge in [-0.25, -0.2) is 0 Å². The van der Waals surface area contributed by atoms with E-state index in [4.69, 9.17) is 10.0 Å². The van der Waals surface area contributed by atoms with Crippen molar-refractivity contribution < 1.29 is 10.0 Å². The maximum Gasteiger partial charge on any atom is 0.488 e. The average Bonchev–Trinajstić information content (AvgIpc) is 1.97. The molecular formula is C8H11BO2. The van der Waals surface area contributed by atoms with Crippen LogP contribution >= 0.6 is 0 Å². The first kappa shape index (κ1) is 9.94. The molecule has 0 aromatic carbocycles. The fraction of sp³-hybridized carbons (Fsp3) is 0. The summed E-state index contributed by atoms with van der Waals surface area (Å²) >= 11 is 0. The summed E-state index contributed by atoms with van der Waals surface area (Å²) in [6, 6.07) is 0. The Morgan fingerprint density at radius 2 is 1.82 bits per heavy atom. The first-order valence-corrected chi connectivity index (χ1v) is 3.20. The molecule has 0 unspecified atom stereocenters. The highest BCUT2D eigenvalue weighted by atomic mass is 16.4. The second-order valence-corrected chi connectivity index (χ2v) is 1.87. The van der Waals surface area contributed by atoms with Crippen LogP contribution in [-0.2, 0) is 0 Å². The van der Waals surface area contributed by atoms with Crippen molar-refractivity contribution >= 4 is 7.12 Å². The third kappa shape index (κ3) is 4.36. The van der Waals surface area contributed by atoms with E-state index in [1.807, 2.05) is 0 Å². The summed E-state index contributed by atoms with van der Waals surface area (Å²) in [6.07, 6.45) is 7.74. The van der Waals surface area contributed by atoms with Crippen LogP contribution in [0.2, 0.25) is 0 Å². The van der Waals surface area contributed by atoms with E-state index in [-0.39, 0.29) is 0 Å². The zero-order valence-electron chi connectivity index (χ0n) is 6.27. The number of allylic oxidation sites excluding steroid dienone is 6. The van der Waals surface area contributed by atoms with E-state index < -0.39 is 7.12 Å². The normalized spacial score (nSPS) is 11.6. The predicted molar refractivity (Wildman–Crippen MR) is 47.8 cm³/mol. The summed E-state index contributed by atoms with van der Waals surface area (Å²) < 4.78 is 0. The maximum atomic E-state index is 8.72. The molecule has 11 heavy (non-hydrogen) atoms. The maximum absolute atomic E-state index is 8.72. The SMILES string of the molecule is C=C/C=C\C(=C/C=C)B(O)O. The van der Waals surface area contributed by atoms with Crippen LogP contribution < -0.4 is 0 Å². The number of hydrogen-bond donors (Lipinski definition) is 2. The van der Waals surface area contributed by atoms with Gasteiger partial charge in [0, 0.05) is 0 Å². The molecule has 0 fully saturated rings. The van der Waals surface area contributed by atoms with Crippen LogP contribution in [-0.4, -0.2) is 17.2 Å². The molecule has 0 saturated carbocycles. The molecule has 0 amide bonds. The topological polar surface area (TPSA) is 40.5 Å². The lowest BCUT2D eigenvalue weighted by atomic mass is 9.79. The minimum atomic E-state index is -1.45. The second kappa shape index (κ2) is 5.71. The zero-order chi connectivity index (χ0) is 8.69. The average molecular weight is 150 g/mol. The largest absolute Gasteiger partial charge is 0.488 e. The van der Waals surface area contributed by atoms with Crippen LogP contribution in [0.3, 0.4) is 0 Å². The third-order valence-corrected chi connectivity index (χ3v) is 1.03. The number of hydrogen-bond acceptors (Lipinski definition) is 2. The van der Waals surface area contributed by atoms with Crippen molar-refractivity contribution in [2.24, 2.45) is 0 Å². The van der Waals surface area contributed by atoms with Crippen molar-refractivity contribution in [1.29, 1.82) is 0 Å². The Kier molecular flexibility index (Phi) is 5.16. The first-order valence-electron chi connectivity index (χ1n) is 3.20. The van der Waals surface area contributed by atoms with Gasteiger partial charge in [-0.15, -0.1) is 0 Å². The lowest BCUT2D eigenvalue weighted by molar-refractivity contribution is 0.420. The van der Waals surface area contributed by atoms with E-state index in [9.17, 15) is 0 Å². The zero-order valence-corrected chi connectivity index (χ0v) is 6.27. The van der Waals surface area contributed by atoms with Crippen LogP contribution in [0.4, 0.5) is 0 Å². The fourth-order valence-electron chi connectivity index (χ4n) is 0.543. The third-order valence-electron chi connectivity index (χ3n) is 1.03. The van der Waals surface area contributed by atoms with Crippen molar-refractivity contribution in [2.75, 3.05) is 0 Å². The Bertz CT molecular complexity index is 192. The summed E-state index contributed by atoms with van der Waals surface area (Å²) in [5, 5.41) is 17.4. The molecule has 0 spiro atoms. The molecular weight excluding hydrogens is 139 g/mol. The molecule has 0 aliphatic heterocycles. The van der Waals surface area contributed by atoms with Crippen molar-refractivity contribution in [3.8, 4) is 0 Å².